The Hall–Kier alpha value is -3.06. The molecule has 2 aromatic carbocycles. The van der Waals surface area contributed by atoms with Gasteiger partial charge in [-0.3, -0.25) is 14.5 Å². The van der Waals surface area contributed by atoms with E-state index in [1.807, 2.05) is 54.3 Å². The molecule has 0 aromatic heterocycles. The first kappa shape index (κ1) is 21.6. The average molecular weight is 412 g/mol. The smallest absolute Gasteiger partial charge is 0.237 e. The first-order valence-corrected chi connectivity index (χ1v) is 10.1. The monoisotopic (exact) mass is 411 g/mol. The molecular formula is C23H29N3O4. The highest BCUT2D eigenvalue weighted by Gasteiger charge is 2.32. The summed E-state index contributed by atoms with van der Waals surface area (Å²) >= 11 is 0. The number of rotatable bonds is 8. The van der Waals surface area contributed by atoms with E-state index in [0.717, 1.165) is 16.7 Å². The number of amides is 2. The topological polar surface area (TPSA) is 79.9 Å². The Balaban J connectivity index is 1.68. The molecule has 7 heteroatoms. The van der Waals surface area contributed by atoms with E-state index in [0.29, 0.717) is 37.7 Å². The van der Waals surface area contributed by atoms with Gasteiger partial charge in [-0.1, -0.05) is 36.4 Å². The summed E-state index contributed by atoms with van der Waals surface area (Å²) < 4.78 is 10.9. The lowest BCUT2D eigenvalue weighted by molar-refractivity contribution is -0.134. The van der Waals surface area contributed by atoms with Gasteiger partial charge < -0.3 is 20.1 Å². The predicted octanol–water partition coefficient (Wildman–Crippen LogP) is 2.02. The number of aryl methyl sites for hydroxylation is 1. The van der Waals surface area contributed by atoms with Crippen LogP contribution in [0, 0.1) is 6.92 Å². The number of piperazine rings is 1. The zero-order valence-electron chi connectivity index (χ0n) is 17.7. The van der Waals surface area contributed by atoms with Crippen LogP contribution in [-0.2, 0) is 22.7 Å². The Bertz CT molecular complexity index is 900. The number of nitrogens with one attached hydrogen (secondary N) is 2. The molecule has 2 amide bonds. The third-order valence-corrected chi connectivity index (χ3v) is 5.42. The first-order chi connectivity index (χ1) is 14.5. The van der Waals surface area contributed by atoms with E-state index in [1.165, 1.54) is 0 Å². The van der Waals surface area contributed by atoms with Crippen LogP contribution in [0.1, 0.15) is 23.1 Å². The van der Waals surface area contributed by atoms with Gasteiger partial charge in [0.25, 0.3) is 0 Å². The molecule has 1 aliphatic rings. The molecule has 0 bridgehead atoms. The summed E-state index contributed by atoms with van der Waals surface area (Å²) in [5, 5.41) is 5.81. The van der Waals surface area contributed by atoms with Crippen LogP contribution in [0.15, 0.2) is 42.5 Å². The maximum Gasteiger partial charge on any atom is 0.237 e. The molecule has 1 unspecified atom stereocenters. The summed E-state index contributed by atoms with van der Waals surface area (Å²) in [7, 11) is 3.19. The Morgan fingerprint density at radius 2 is 1.90 bits per heavy atom. The molecule has 0 radical (unpaired) electrons. The number of hydrogen-bond donors (Lipinski definition) is 2. The van der Waals surface area contributed by atoms with Gasteiger partial charge in [-0.15, -0.1) is 0 Å². The summed E-state index contributed by atoms with van der Waals surface area (Å²) in [6.45, 7) is 4.15. The zero-order valence-corrected chi connectivity index (χ0v) is 17.7. The molecule has 2 aromatic rings. The fraction of sp³-hybridized carbons (Fsp3) is 0.391. The predicted molar refractivity (Wildman–Crippen MR) is 114 cm³/mol. The van der Waals surface area contributed by atoms with E-state index in [-0.39, 0.29) is 18.2 Å². The fourth-order valence-electron chi connectivity index (χ4n) is 3.72. The van der Waals surface area contributed by atoms with Gasteiger partial charge >= 0.3 is 0 Å². The van der Waals surface area contributed by atoms with Crippen molar-refractivity contribution in [1.82, 2.24) is 15.5 Å². The number of ether oxygens (including phenoxy) is 2. The summed E-state index contributed by atoms with van der Waals surface area (Å²) in [4.78, 5) is 27.2. The van der Waals surface area contributed by atoms with Crippen LogP contribution in [0.3, 0.4) is 0 Å². The third kappa shape index (κ3) is 5.10. The molecule has 7 nitrogen and oxygen atoms in total. The Labute approximate surface area is 177 Å². The van der Waals surface area contributed by atoms with Gasteiger partial charge in [-0.05, 0) is 24.1 Å². The van der Waals surface area contributed by atoms with E-state index < -0.39 is 6.04 Å². The van der Waals surface area contributed by atoms with Crippen LogP contribution < -0.4 is 20.1 Å². The van der Waals surface area contributed by atoms with E-state index in [1.54, 1.807) is 14.2 Å². The normalized spacial score (nSPS) is 16.6. The minimum atomic E-state index is -0.536. The zero-order chi connectivity index (χ0) is 21.5. The number of methoxy groups -OCH3 is 2. The summed E-state index contributed by atoms with van der Waals surface area (Å²) in [5.41, 5.74) is 3.11. The second-order valence-electron chi connectivity index (χ2n) is 7.34. The molecule has 1 fully saturated rings. The lowest BCUT2D eigenvalue weighted by atomic mass is 10.1. The van der Waals surface area contributed by atoms with Crippen LogP contribution >= 0.6 is 0 Å². The molecule has 3 rings (SSSR count). The van der Waals surface area contributed by atoms with E-state index in [4.69, 9.17) is 9.47 Å². The highest BCUT2D eigenvalue weighted by Crippen LogP contribution is 2.32. The Morgan fingerprint density at radius 3 is 2.63 bits per heavy atom. The number of hydrogen-bond acceptors (Lipinski definition) is 5. The van der Waals surface area contributed by atoms with E-state index in [2.05, 4.69) is 10.6 Å². The first-order valence-electron chi connectivity index (χ1n) is 10.1. The van der Waals surface area contributed by atoms with Crippen LogP contribution in [0.4, 0.5) is 0 Å². The van der Waals surface area contributed by atoms with Gasteiger partial charge in [0.1, 0.15) is 0 Å². The summed E-state index contributed by atoms with van der Waals surface area (Å²) in [5.74, 6) is 1.01. The van der Waals surface area contributed by atoms with Crippen LogP contribution in [0.2, 0.25) is 0 Å². The number of benzene rings is 2. The van der Waals surface area contributed by atoms with Crippen molar-refractivity contribution < 1.29 is 19.1 Å². The highest BCUT2D eigenvalue weighted by molar-refractivity contribution is 5.88. The van der Waals surface area contributed by atoms with Gasteiger partial charge in [0.2, 0.25) is 11.8 Å². The number of para-hydroxylation sites is 1. The summed E-state index contributed by atoms with van der Waals surface area (Å²) in [6, 6.07) is 13.1. The van der Waals surface area contributed by atoms with Crippen molar-refractivity contribution >= 4 is 11.8 Å². The van der Waals surface area contributed by atoms with Crippen LogP contribution in [0.5, 0.6) is 11.5 Å². The molecule has 30 heavy (non-hydrogen) atoms. The van der Waals surface area contributed by atoms with Crippen molar-refractivity contribution in [1.29, 1.82) is 0 Å². The van der Waals surface area contributed by atoms with Crippen LogP contribution in [-0.4, -0.2) is 50.1 Å². The molecule has 1 heterocycles. The average Bonchev–Trinajstić information content (AvgIpc) is 2.75. The Morgan fingerprint density at radius 1 is 1.13 bits per heavy atom. The molecule has 1 atom stereocenters. The highest BCUT2D eigenvalue weighted by atomic mass is 16.5. The quantitative estimate of drug-likeness (QED) is 0.695. The van der Waals surface area contributed by atoms with E-state index >= 15 is 0 Å². The van der Waals surface area contributed by atoms with Crippen molar-refractivity contribution in [3.05, 3.63) is 59.2 Å². The Kier molecular flexibility index (Phi) is 7.30. The lowest BCUT2D eigenvalue weighted by Crippen LogP contribution is -2.56. The van der Waals surface area contributed by atoms with Crippen molar-refractivity contribution in [2.75, 3.05) is 27.3 Å². The van der Waals surface area contributed by atoms with Gasteiger partial charge in [-0.2, -0.15) is 0 Å². The molecule has 0 spiro atoms. The van der Waals surface area contributed by atoms with Crippen molar-refractivity contribution in [3.8, 4) is 11.5 Å². The standard InChI is InChI=1S/C23H29N3O4/c1-16-7-4-5-8-17(16)14-25-21(27)13-19-23(28)24-11-12-26(19)15-18-9-6-10-20(29-2)22(18)30-3/h4-10,19H,11-15H2,1-3H3,(H,24,28)(H,25,27). The maximum atomic E-state index is 12.6. The second-order valence-corrected chi connectivity index (χ2v) is 7.34. The number of nitrogens with zero attached hydrogens (tertiary/aromatic N) is 1. The third-order valence-electron chi connectivity index (χ3n) is 5.42. The lowest BCUT2D eigenvalue weighted by Gasteiger charge is -2.35. The molecule has 2 N–H and O–H groups in total. The molecular weight excluding hydrogens is 382 g/mol. The number of carbonyl (C=O) groups excluding carboxylic acids is 2. The van der Waals surface area contributed by atoms with Crippen molar-refractivity contribution in [3.63, 3.8) is 0 Å². The maximum absolute atomic E-state index is 12.6. The SMILES string of the molecule is COc1cccc(CN2CCNC(=O)C2CC(=O)NCc2ccccc2C)c1OC. The van der Waals surface area contributed by atoms with Gasteiger partial charge in [0, 0.05) is 31.7 Å². The van der Waals surface area contributed by atoms with Crippen molar-refractivity contribution in [2.24, 2.45) is 0 Å². The minimum Gasteiger partial charge on any atom is -0.493 e. The molecule has 0 saturated carbocycles. The molecule has 0 aliphatic carbocycles. The fourth-order valence-corrected chi connectivity index (χ4v) is 3.72. The van der Waals surface area contributed by atoms with E-state index in [9.17, 15) is 9.59 Å². The van der Waals surface area contributed by atoms with Crippen LogP contribution in [0.25, 0.3) is 0 Å². The van der Waals surface area contributed by atoms with Gasteiger partial charge in [-0.25, -0.2) is 0 Å². The largest absolute Gasteiger partial charge is 0.493 e. The number of carbonyl (C=O) groups is 2. The summed E-state index contributed by atoms with van der Waals surface area (Å²) in [6.07, 6.45) is 0.101. The molecule has 160 valence electrons. The van der Waals surface area contributed by atoms with Crippen molar-refractivity contribution in [2.45, 2.75) is 32.5 Å². The molecule has 1 saturated heterocycles. The minimum absolute atomic E-state index is 0.101. The second kappa shape index (κ2) is 10.1. The van der Waals surface area contributed by atoms with Gasteiger partial charge in [0.15, 0.2) is 11.5 Å². The van der Waals surface area contributed by atoms with Gasteiger partial charge in [0.05, 0.1) is 26.7 Å². The molecule has 1 aliphatic heterocycles.